The first kappa shape index (κ1) is 16.1. The summed E-state index contributed by atoms with van der Waals surface area (Å²) in [6.07, 6.45) is 3.10. The Labute approximate surface area is 138 Å². The summed E-state index contributed by atoms with van der Waals surface area (Å²) < 4.78 is 45.2. The third kappa shape index (κ3) is 3.57. The molecule has 0 saturated heterocycles. The summed E-state index contributed by atoms with van der Waals surface area (Å²) in [5.74, 6) is -0.448. The smallest absolute Gasteiger partial charge is 0.255 e. The fourth-order valence-corrected chi connectivity index (χ4v) is 3.13. The lowest BCUT2D eigenvalue weighted by Gasteiger charge is -2.05. The predicted octanol–water partition coefficient (Wildman–Crippen LogP) is 3.73. The van der Waals surface area contributed by atoms with Crippen LogP contribution in [0.3, 0.4) is 0 Å². The van der Waals surface area contributed by atoms with Crippen molar-refractivity contribution in [2.45, 2.75) is 0 Å². The summed E-state index contributed by atoms with van der Waals surface area (Å²) in [7, 11) is -2.34. The largest absolute Gasteiger partial charge is 0.494 e. The fraction of sp³-hybridized carbons (Fsp3) is 0.0588. The third-order valence-electron chi connectivity index (χ3n) is 3.43. The van der Waals surface area contributed by atoms with Crippen LogP contribution in [0.25, 0.3) is 17.0 Å². The first-order valence-corrected chi connectivity index (χ1v) is 8.63. The Morgan fingerprint density at radius 2 is 2.00 bits per heavy atom. The summed E-state index contributed by atoms with van der Waals surface area (Å²) in [4.78, 5) is 3.03. The average molecular weight is 346 g/mol. The van der Waals surface area contributed by atoms with Gasteiger partial charge in [-0.1, -0.05) is 6.07 Å². The van der Waals surface area contributed by atoms with Gasteiger partial charge in [0.05, 0.1) is 12.5 Å². The maximum Gasteiger partial charge on any atom is 0.255 e. The molecule has 7 heteroatoms. The highest BCUT2D eigenvalue weighted by Gasteiger charge is 2.07. The van der Waals surface area contributed by atoms with Gasteiger partial charge in [-0.3, -0.25) is 4.72 Å². The van der Waals surface area contributed by atoms with Crippen LogP contribution in [0.2, 0.25) is 0 Å². The van der Waals surface area contributed by atoms with E-state index in [-0.39, 0.29) is 5.75 Å². The van der Waals surface area contributed by atoms with E-state index in [1.807, 2.05) is 6.07 Å². The summed E-state index contributed by atoms with van der Waals surface area (Å²) in [6.45, 7) is 0. The van der Waals surface area contributed by atoms with Gasteiger partial charge in [-0.05, 0) is 48.0 Å². The number of methoxy groups -OCH3 is 1. The van der Waals surface area contributed by atoms with Crippen LogP contribution in [-0.2, 0) is 10.0 Å². The van der Waals surface area contributed by atoms with Gasteiger partial charge in [0.1, 0.15) is 0 Å². The van der Waals surface area contributed by atoms with Crippen LogP contribution in [-0.4, -0.2) is 20.5 Å². The Morgan fingerprint density at radius 3 is 2.75 bits per heavy atom. The molecule has 5 nitrogen and oxygen atoms in total. The molecule has 1 aromatic heterocycles. The molecule has 0 amide bonds. The highest BCUT2D eigenvalue weighted by molar-refractivity contribution is 7.95. The second-order valence-electron chi connectivity index (χ2n) is 5.12. The first-order chi connectivity index (χ1) is 11.5. The lowest BCUT2D eigenvalue weighted by atomic mass is 10.2. The number of hydrogen-bond acceptors (Lipinski definition) is 3. The van der Waals surface area contributed by atoms with E-state index in [0.717, 1.165) is 16.3 Å². The van der Waals surface area contributed by atoms with E-state index in [1.54, 1.807) is 30.5 Å². The van der Waals surface area contributed by atoms with E-state index < -0.39 is 15.8 Å². The Morgan fingerprint density at radius 1 is 1.17 bits per heavy atom. The van der Waals surface area contributed by atoms with Gasteiger partial charge >= 0.3 is 0 Å². The predicted molar refractivity (Wildman–Crippen MR) is 92.8 cm³/mol. The molecule has 0 atom stereocenters. The summed E-state index contributed by atoms with van der Waals surface area (Å²) in [5, 5.41) is 1.90. The SMILES string of the molecule is COc1ccc(/C=C/S(=O)(=O)Nc2ccc3[nH]ccc3c2)cc1F. The molecule has 1 heterocycles. The van der Waals surface area contributed by atoms with Crippen LogP contribution in [0.1, 0.15) is 5.56 Å². The number of aromatic nitrogens is 1. The molecule has 3 rings (SSSR count). The van der Waals surface area contributed by atoms with Gasteiger partial charge in [-0.25, -0.2) is 12.8 Å². The molecule has 2 N–H and O–H groups in total. The number of benzene rings is 2. The van der Waals surface area contributed by atoms with Crippen molar-refractivity contribution in [3.8, 4) is 5.75 Å². The Hall–Kier alpha value is -2.80. The van der Waals surface area contributed by atoms with Crippen molar-refractivity contribution < 1.29 is 17.5 Å². The van der Waals surface area contributed by atoms with Gasteiger partial charge < -0.3 is 9.72 Å². The molecular formula is C17H15FN2O3S. The summed E-state index contributed by atoms with van der Waals surface area (Å²) in [6, 6.07) is 11.2. The minimum absolute atomic E-state index is 0.105. The van der Waals surface area contributed by atoms with Gasteiger partial charge in [0.15, 0.2) is 11.6 Å². The molecule has 124 valence electrons. The normalized spacial score (nSPS) is 11.9. The Bertz CT molecular complexity index is 1010. The van der Waals surface area contributed by atoms with E-state index in [0.29, 0.717) is 11.3 Å². The number of hydrogen-bond donors (Lipinski definition) is 2. The lowest BCUT2D eigenvalue weighted by Crippen LogP contribution is -2.08. The quantitative estimate of drug-likeness (QED) is 0.739. The van der Waals surface area contributed by atoms with Crippen LogP contribution in [0.4, 0.5) is 10.1 Å². The highest BCUT2D eigenvalue weighted by Crippen LogP contribution is 2.20. The maximum atomic E-state index is 13.6. The maximum absolute atomic E-state index is 13.6. The second kappa shape index (κ2) is 6.37. The molecule has 0 radical (unpaired) electrons. The molecule has 0 unspecified atom stereocenters. The molecule has 0 spiro atoms. The second-order valence-corrected chi connectivity index (χ2v) is 6.69. The van der Waals surface area contributed by atoms with E-state index in [2.05, 4.69) is 9.71 Å². The molecule has 3 aromatic rings. The number of aromatic amines is 1. The van der Waals surface area contributed by atoms with Crippen LogP contribution < -0.4 is 9.46 Å². The van der Waals surface area contributed by atoms with Crippen molar-refractivity contribution in [3.63, 3.8) is 0 Å². The average Bonchev–Trinajstić information content (AvgIpc) is 3.00. The zero-order chi connectivity index (χ0) is 17.2. The van der Waals surface area contributed by atoms with Crippen molar-refractivity contribution >= 4 is 32.7 Å². The van der Waals surface area contributed by atoms with Gasteiger partial charge in [-0.2, -0.15) is 0 Å². The van der Waals surface area contributed by atoms with Crippen LogP contribution in [0.15, 0.2) is 54.1 Å². The van der Waals surface area contributed by atoms with Crippen molar-refractivity contribution in [2.75, 3.05) is 11.8 Å². The van der Waals surface area contributed by atoms with Crippen molar-refractivity contribution in [3.05, 3.63) is 65.5 Å². The van der Waals surface area contributed by atoms with Crippen LogP contribution >= 0.6 is 0 Å². The number of sulfonamides is 1. The fourth-order valence-electron chi connectivity index (χ4n) is 2.27. The van der Waals surface area contributed by atoms with Crippen molar-refractivity contribution in [2.24, 2.45) is 0 Å². The van der Waals surface area contributed by atoms with Crippen molar-refractivity contribution in [1.82, 2.24) is 4.98 Å². The van der Waals surface area contributed by atoms with E-state index >= 15 is 0 Å². The van der Waals surface area contributed by atoms with Crippen LogP contribution in [0.5, 0.6) is 5.75 Å². The topological polar surface area (TPSA) is 71.2 Å². The monoisotopic (exact) mass is 346 g/mol. The minimum atomic E-state index is -3.71. The Balaban J connectivity index is 1.78. The molecular weight excluding hydrogens is 331 g/mol. The van der Waals surface area contributed by atoms with E-state index in [1.165, 1.54) is 25.3 Å². The third-order valence-corrected chi connectivity index (χ3v) is 4.44. The van der Waals surface area contributed by atoms with Gasteiger partial charge in [0.2, 0.25) is 0 Å². The molecule has 0 aliphatic carbocycles. The van der Waals surface area contributed by atoms with E-state index in [4.69, 9.17) is 4.74 Å². The molecule has 0 saturated carbocycles. The first-order valence-electron chi connectivity index (χ1n) is 7.08. The molecule has 0 bridgehead atoms. The Kier molecular flexibility index (Phi) is 4.26. The number of halogens is 1. The van der Waals surface area contributed by atoms with Gasteiger partial charge in [0.25, 0.3) is 10.0 Å². The summed E-state index contributed by atoms with van der Waals surface area (Å²) in [5.41, 5.74) is 1.79. The molecule has 24 heavy (non-hydrogen) atoms. The minimum Gasteiger partial charge on any atom is -0.494 e. The number of rotatable bonds is 5. The van der Waals surface area contributed by atoms with Gasteiger partial charge in [0, 0.05) is 22.8 Å². The molecule has 2 aromatic carbocycles. The zero-order valence-corrected chi connectivity index (χ0v) is 13.6. The van der Waals surface area contributed by atoms with Gasteiger partial charge in [-0.15, -0.1) is 0 Å². The molecule has 0 fully saturated rings. The number of fused-ring (bicyclic) bond motifs is 1. The number of anilines is 1. The number of H-pyrrole nitrogens is 1. The standard InChI is InChI=1S/C17H15FN2O3S/c1-23-17-5-2-12(10-15(17)18)7-9-24(21,22)20-14-3-4-16-13(11-14)6-8-19-16/h2-11,19-20H,1H3/b9-7+. The molecule has 0 aliphatic heterocycles. The number of ether oxygens (including phenoxy) is 1. The zero-order valence-electron chi connectivity index (χ0n) is 12.8. The highest BCUT2D eigenvalue weighted by atomic mass is 32.2. The molecule has 0 aliphatic rings. The summed E-state index contributed by atoms with van der Waals surface area (Å²) >= 11 is 0. The lowest BCUT2D eigenvalue weighted by molar-refractivity contribution is 0.386. The number of nitrogens with one attached hydrogen (secondary N) is 2. The van der Waals surface area contributed by atoms with Crippen LogP contribution in [0, 0.1) is 5.82 Å². The van der Waals surface area contributed by atoms with E-state index in [9.17, 15) is 12.8 Å². The van der Waals surface area contributed by atoms with Crippen molar-refractivity contribution in [1.29, 1.82) is 0 Å².